The molecular formula is C22H17BrCl2F2N6O4. The highest BCUT2D eigenvalue weighted by molar-refractivity contribution is 9.10. The summed E-state index contributed by atoms with van der Waals surface area (Å²) in [7, 11) is 0. The van der Waals surface area contributed by atoms with Gasteiger partial charge in [0.2, 0.25) is 0 Å². The molecule has 3 aromatic rings. The molecule has 0 radical (unpaired) electrons. The van der Waals surface area contributed by atoms with Crippen LogP contribution in [-0.2, 0) is 9.63 Å². The largest absolute Gasteiger partial charge is 0.338 e. The van der Waals surface area contributed by atoms with Crippen LogP contribution in [0.2, 0.25) is 10.0 Å². The van der Waals surface area contributed by atoms with Gasteiger partial charge in [-0.05, 0) is 52.7 Å². The highest BCUT2D eigenvalue weighted by atomic mass is 79.9. The predicted octanol–water partition coefficient (Wildman–Crippen LogP) is 4.03. The number of alkyl halides is 2. The van der Waals surface area contributed by atoms with Gasteiger partial charge in [0, 0.05) is 17.3 Å². The summed E-state index contributed by atoms with van der Waals surface area (Å²) in [5.74, 6) is -2.04. The fraction of sp³-hybridized carbons (Fsp3) is 0.227. The Morgan fingerprint density at radius 2 is 2.03 bits per heavy atom. The quantitative estimate of drug-likeness (QED) is 0.413. The summed E-state index contributed by atoms with van der Waals surface area (Å²) in [6, 6.07) is 6.29. The van der Waals surface area contributed by atoms with Gasteiger partial charge in [0.25, 0.3) is 24.1 Å². The number of pyridine rings is 1. The number of anilines is 1. The summed E-state index contributed by atoms with van der Waals surface area (Å²) < 4.78 is 26.9. The molecule has 4 rings (SSSR count). The van der Waals surface area contributed by atoms with Gasteiger partial charge in [0.1, 0.15) is 29.5 Å². The third-order valence-corrected chi connectivity index (χ3v) is 6.09. The van der Waals surface area contributed by atoms with Gasteiger partial charge < -0.3 is 10.6 Å². The van der Waals surface area contributed by atoms with Crippen LogP contribution in [0.3, 0.4) is 0 Å². The van der Waals surface area contributed by atoms with Crippen molar-refractivity contribution in [1.82, 2.24) is 25.1 Å². The number of aromatic nitrogens is 3. The Bertz CT molecular complexity index is 1390. The summed E-state index contributed by atoms with van der Waals surface area (Å²) in [4.78, 5) is 47.9. The molecule has 0 saturated carbocycles. The van der Waals surface area contributed by atoms with Crippen LogP contribution in [0, 0.1) is 6.92 Å². The van der Waals surface area contributed by atoms with Crippen LogP contribution in [0.15, 0.2) is 41.1 Å². The lowest BCUT2D eigenvalue weighted by molar-refractivity contribution is -0.169. The van der Waals surface area contributed by atoms with Crippen LogP contribution in [0.4, 0.5) is 14.5 Å². The molecule has 3 amide bonds. The standard InChI is InChI=1S/C22H17BrCl2F2N6O4/c1-10-5-11(24)6-12(20(34)29-14-9-37-32(22(14)36)8-17(26)27)18(10)30-21(35)15-7-16(23)31-33(15)19-13(25)3-2-4-28-19/h2-7,14,17H,8-9H2,1H3,(H,29,34)(H,30,35). The highest BCUT2D eigenvalue weighted by Crippen LogP contribution is 2.28. The number of hydrogen-bond acceptors (Lipinski definition) is 6. The zero-order valence-corrected chi connectivity index (χ0v) is 21.9. The summed E-state index contributed by atoms with van der Waals surface area (Å²) in [5, 5.41) is 10.3. The molecule has 2 aromatic heterocycles. The number of nitrogens with zero attached hydrogens (tertiary/aromatic N) is 4. The lowest BCUT2D eigenvalue weighted by Gasteiger charge is -2.17. The second-order valence-electron chi connectivity index (χ2n) is 7.78. The van der Waals surface area contributed by atoms with Crippen molar-refractivity contribution in [2.24, 2.45) is 0 Å². The van der Waals surface area contributed by atoms with Gasteiger partial charge in [-0.25, -0.2) is 23.5 Å². The zero-order valence-electron chi connectivity index (χ0n) is 18.8. The van der Waals surface area contributed by atoms with Crippen LogP contribution in [0.25, 0.3) is 5.82 Å². The number of benzene rings is 1. The number of aryl methyl sites for hydroxylation is 1. The highest BCUT2D eigenvalue weighted by Gasteiger charge is 2.36. The van der Waals surface area contributed by atoms with Crippen molar-refractivity contribution in [1.29, 1.82) is 0 Å². The van der Waals surface area contributed by atoms with Gasteiger partial charge >= 0.3 is 0 Å². The second-order valence-corrected chi connectivity index (χ2v) is 9.44. The van der Waals surface area contributed by atoms with Crippen LogP contribution in [0.1, 0.15) is 26.4 Å². The van der Waals surface area contributed by atoms with Gasteiger partial charge in [-0.15, -0.1) is 0 Å². The molecule has 15 heteroatoms. The van der Waals surface area contributed by atoms with Crippen LogP contribution in [-0.4, -0.2) is 63.2 Å². The maximum absolute atomic E-state index is 13.3. The first kappa shape index (κ1) is 26.9. The maximum Gasteiger partial charge on any atom is 0.274 e. The molecular weight excluding hydrogens is 601 g/mol. The van der Waals surface area contributed by atoms with E-state index in [1.807, 2.05) is 0 Å². The van der Waals surface area contributed by atoms with E-state index in [1.54, 1.807) is 19.1 Å². The molecule has 1 aromatic carbocycles. The molecule has 1 aliphatic rings. The lowest BCUT2D eigenvalue weighted by atomic mass is 10.1. The minimum absolute atomic E-state index is 0.0511. The number of carbonyl (C=O) groups is 3. The lowest BCUT2D eigenvalue weighted by Crippen LogP contribution is -2.43. The number of rotatable bonds is 7. The maximum atomic E-state index is 13.3. The van der Waals surface area contributed by atoms with Crippen molar-refractivity contribution in [2.45, 2.75) is 19.4 Å². The third kappa shape index (κ3) is 5.90. The molecule has 0 aliphatic carbocycles. The molecule has 2 N–H and O–H groups in total. The van der Waals surface area contributed by atoms with Crippen LogP contribution in [0.5, 0.6) is 0 Å². The van der Waals surface area contributed by atoms with E-state index < -0.39 is 36.7 Å². The minimum atomic E-state index is -2.80. The van der Waals surface area contributed by atoms with E-state index in [0.717, 1.165) is 0 Å². The van der Waals surface area contributed by atoms with Gasteiger partial charge in [-0.2, -0.15) is 5.10 Å². The Morgan fingerprint density at radius 1 is 1.27 bits per heavy atom. The molecule has 37 heavy (non-hydrogen) atoms. The number of halogens is 5. The minimum Gasteiger partial charge on any atom is -0.338 e. The third-order valence-electron chi connectivity index (χ3n) is 5.19. The van der Waals surface area contributed by atoms with E-state index in [0.29, 0.717) is 15.2 Å². The van der Waals surface area contributed by atoms with E-state index >= 15 is 0 Å². The van der Waals surface area contributed by atoms with Crippen molar-refractivity contribution in [3.63, 3.8) is 0 Å². The van der Waals surface area contributed by atoms with Gasteiger partial charge in [-0.1, -0.05) is 23.2 Å². The van der Waals surface area contributed by atoms with Crippen LogP contribution >= 0.6 is 39.1 Å². The Balaban J connectivity index is 1.61. The Hall–Kier alpha value is -3.13. The summed E-state index contributed by atoms with van der Waals surface area (Å²) in [6.45, 7) is 0.373. The average Bonchev–Trinajstić information content (AvgIpc) is 3.38. The first-order valence-corrected chi connectivity index (χ1v) is 12.1. The number of carbonyl (C=O) groups excluding carboxylic acids is 3. The first-order valence-electron chi connectivity index (χ1n) is 10.6. The van der Waals surface area contributed by atoms with Crippen molar-refractivity contribution >= 4 is 62.5 Å². The number of amides is 3. The Labute approximate surface area is 227 Å². The molecule has 1 saturated heterocycles. The molecule has 3 heterocycles. The van der Waals surface area contributed by atoms with Crippen molar-refractivity contribution < 1.29 is 28.0 Å². The second kappa shape index (κ2) is 11.1. The summed E-state index contributed by atoms with van der Waals surface area (Å²) >= 11 is 15.6. The van der Waals surface area contributed by atoms with Gasteiger partial charge in [0.05, 0.1) is 16.3 Å². The van der Waals surface area contributed by atoms with E-state index in [-0.39, 0.29) is 39.4 Å². The smallest absolute Gasteiger partial charge is 0.274 e. The summed E-state index contributed by atoms with van der Waals surface area (Å²) in [6.07, 6.45) is -1.31. The monoisotopic (exact) mass is 616 g/mol. The SMILES string of the molecule is Cc1cc(Cl)cc(C(=O)NC2CON(CC(F)F)C2=O)c1NC(=O)c1cc(Br)nn1-c1ncccc1Cl. The first-order chi connectivity index (χ1) is 17.5. The molecule has 194 valence electrons. The van der Waals surface area contributed by atoms with Gasteiger partial charge in [-0.3, -0.25) is 19.2 Å². The molecule has 1 unspecified atom stereocenters. The Kier molecular flexibility index (Phi) is 8.07. The molecule has 10 nitrogen and oxygen atoms in total. The predicted molar refractivity (Wildman–Crippen MR) is 133 cm³/mol. The van der Waals surface area contributed by atoms with E-state index in [1.165, 1.54) is 29.1 Å². The molecule has 0 spiro atoms. The molecule has 1 fully saturated rings. The van der Waals surface area contributed by atoms with E-state index in [9.17, 15) is 23.2 Å². The van der Waals surface area contributed by atoms with Crippen LogP contribution < -0.4 is 10.6 Å². The van der Waals surface area contributed by atoms with E-state index in [2.05, 4.69) is 36.6 Å². The fourth-order valence-corrected chi connectivity index (χ4v) is 4.40. The van der Waals surface area contributed by atoms with E-state index in [4.69, 9.17) is 28.0 Å². The molecule has 0 bridgehead atoms. The fourth-order valence-electron chi connectivity index (χ4n) is 3.55. The number of nitrogens with one attached hydrogen (secondary N) is 2. The summed E-state index contributed by atoms with van der Waals surface area (Å²) in [5.41, 5.74) is 0.550. The van der Waals surface area contributed by atoms with Crippen molar-refractivity contribution in [2.75, 3.05) is 18.5 Å². The number of hydroxylamine groups is 2. The average molecular weight is 618 g/mol. The topological polar surface area (TPSA) is 118 Å². The number of hydrogen-bond donors (Lipinski definition) is 2. The van der Waals surface area contributed by atoms with Crippen molar-refractivity contribution in [3.05, 3.63) is 68.0 Å². The van der Waals surface area contributed by atoms with Gasteiger partial charge in [0.15, 0.2) is 5.82 Å². The normalized spacial score (nSPS) is 15.4. The molecule has 1 aliphatic heterocycles. The zero-order chi connectivity index (χ0) is 26.9. The van der Waals surface area contributed by atoms with Crippen molar-refractivity contribution in [3.8, 4) is 5.82 Å². The molecule has 1 atom stereocenters. The Morgan fingerprint density at radius 3 is 2.73 bits per heavy atom.